The Morgan fingerprint density at radius 3 is 2.37 bits per heavy atom. The number of nitriles is 1. The van der Waals surface area contributed by atoms with E-state index in [1.807, 2.05) is 32.0 Å². The standard InChI is InChI=1S/C24H26N4O2/c1-14-8-15(2)21(9-20(14)23(27)16(3)22(26)13-29)24(30)28-11-19(12-28)18-6-4-17(10-25)5-7-18/h4-9,19,27,29H,11-13,26H2,1-3H3. The van der Waals surface area contributed by atoms with Gasteiger partial charge >= 0.3 is 0 Å². The summed E-state index contributed by atoms with van der Waals surface area (Å²) in [5.74, 6) is 0.211. The molecule has 0 aliphatic carbocycles. The number of nitrogens with one attached hydrogen (secondary N) is 1. The number of hydrogen-bond donors (Lipinski definition) is 3. The summed E-state index contributed by atoms with van der Waals surface area (Å²) in [5.41, 5.74) is 11.5. The van der Waals surface area contributed by atoms with Crippen molar-refractivity contribution in [3.05, 3.63) is 81.0 Å². The summed E-state index contributed by atoms with van der Waals surface area (Å²) in [7, 11) is 0. The highest BCUT2D eigenvalue weighted by Crippen LogP contribution is 2.30. The van der Waals surface area contributed by atoms with E-state index in [1.165, 1.54) is 0 Å². The van der Waals surface area contributed by atoms with Crippen LogP contribution in [0.5, 0.6) is 0 Å². The maximum absolute atomic E-state index is 13.1. The Bertz CT molecular complexity index is 1070. The summed E-state index contributed by atoms with van der Waals surface area (Å²) in [6, 6.07) is 13.3. The Balaban J connectivity index is 1.80. The van der Waals surface area contributed by atoms with Crippen LogP contribution in [0.2, 0.25) is 0 Å². The summed E-state index contributed by atoms with van der Waals surface area (Å²) < 4.78 is 0. The largest absolute Gasteiger partial charge is 0.400 e. The molecule has 0 unspecified atom stereocenters. The molecule has 1 aliphatic heterocycles. The van der Waals surface area contributed by atoms with Gasteiger partial charge < -0.3 is 15.7 Å². The van der Waals surface area contributed by atoms with E-state index >= 15 is 0 Å². The molecular weight excluding hydrogens is 376 g/mol. The van der Waals surface area contributed by atoms with Gasteiger partial charge in [0.05, 0.1) is 24.0 Å². The van der Waals surface area contributed by atoms with Crippen LogP contribution in [0.4, 0.5) is 0 Å². The second-order valence-electron chi connectivity index (χ2n) is 7.81. The first-order valence-electron chi connectivity index (χ1n) is 9.82. The molecule has 1 aliphatic rings. The third-order valence-corrected chi connectivity index (χ3v) is 5.78. The van der Waals surface area contributed by atoms with Crippen molar-refractivity contribution in [3.8, 4) is 6.07 Å². The van der Waals surface area contributed by atoms with Crippen molar-refractivity contribution >= 4 is 11.6 Å². The fourth-order valence-electron chi connectivity index (χ4n) is 3.69. The van der Waals surface area contributed by atoms with Crippen LogP contribution in [0.15, 0.2) is 47.7 Å². The lowest BCUT2D eigenvalue weighted by Crippen LogP contribution is -2.48. The van der Waals surface area contributed by atoms with Gasteiger partial charge in [0.2, 0.25) is 0 Å². The SMILES string of the molecule is CC(C(=N)c1cc(C(=O)N2CC(c3ccc(C#N)cc3)C2)c(C)cc1C)=C(N)CO. The predicted octanol–water partition coefficient (Wildman–Crippen LogP) is 3.01. The fraction of sp³-hybridized carbons (Fsp3) is 0.292. The zero-order valence-electron chi connectivity index (χ0n) is 17.5. The molecule has 2 aromatic rings. The molecule has 0 radical (unpaired) electrons. The Kier molecular flexibility index (Phi) is 6.04. The van der Waals surface area contributed by atoms with Crippen molar-refractivity contribution < 1.29 is 9.90 Å². The Labute approximate surface area is 176 Å². The van der Waals surface area contributed by atoms with Crippen LogP contribution >= 0.6 is 0 Å². The van der Waals surface area contributed by atoms with Gasteiger partial charge in [-0.3, -0.25) is 10.2 Å². The second kappa shape index (κ2) is 8.52. The van der Waals surface area contributed by atoms with Crippen LogP contribution in [-0.4, -0.2) is 41.3 Å². The first-order valence-corrected chi connectivity index (χ1v) is 9.82. The van der Waals surface area contributed by atoms with Crippen LogP contribution in [-0.2, 0) is 0 Å². The minimum atomic E-state index is -0.310. The molecule has 1 fully saturated rings. The molecule has 0 atom stereocenters. The molecule has 3 rings (SSSR count). The maximum Gasteiger partial charge on any atom is 0.254 e. The quantitative estimate of drug-likeness (QED) is 0.667. The van der Waals surface area contributed by atoms with E-state index < -0.39 is 0 Å². The first-order chi connectivity index (χ1) is 14.3. The number of aryl methyl sites for hydroxylation is 2. The molecule has 1 amide bonds. The number of rotatable bonds is 5. The number of carbonyl (C=O) groups is 1. The molecule has 1 heterocycles. The molecular formula is C24H26N4O2. The summed E-state index contributed by atoms with van der Waals surface area (Å²) in [6.07, 6.45) is 0. The summed E-state index contributed by atoms with van der Waals surface area (Å²) >= 11 is 0. The lowest BCUT2D eigenvalue weighted by atomic mass is 9.89. The fourth-order valence-corrected chi connectivity index (χ4v) is 3.69. The van der Waals surface area contributed by atoms with E-state index in [-0.39, 0.29) is 29.8 Å². The number of hydrogen-bond acceptors (Lipinski definition) is 5. The van der Waals surface area contributed by atoms with Crippen LogP contribution in [0.3, 0.4) is 0 Å². The minimum Gasteiger partial charge on any atom is -0.400 e. The normalized spacial score (nSPS) is 14.6. The van der Waals surface area contributed by atoms with Crippen molar-refractivity contribution in [1.82, 2.24) is 4.90 Å². The third-order valence-electron chi connectivity index (χ3n) is 5.78. The lowest BCUT2D eigenvalue weighted by Gasteiger charge is -2.40. The van der Waals surface area contributed by atoms with Crippen LogP contribution in [0.1, 0.15) is 51.0 Å². The molecule has 4 N–H and O–H groups in total. The van der Waals surface area contributed by atoms with E-state index in [9.17, 15) is 9.90 Å². The van der Waals surface area contributed by atoms with E-state index in [2.05, 4.69) is 6.07 Å². The number of amides is 1. The number of nitrogens with two attached hydrogens (primary N) is 1. The van der Waals surface area contributed by atoms with Crippen LogP contribution in [0, 0.1) is 30.6 Å². The van der Waals surface area contributed by atoms with Gasteiger partial charge in [-0.25, -0.2) is 0 Å². The predicted molar refractivity (Wildman–Crippen MR) is 117 cm³/mol. The molecule has 2 aromatic carbocycles. The highest BCUT2D eigenvalue weighted by atomic mass is 16.3. The monoisotopic (exact) mass is 402 g/mol. The zero-order chi connectivity index (χ0) is 22.0. The lowest BCUT2D eigenvalue weighted by molar-refractivity contribution is 0.0601. The average molecular weight is 402 g/mol. The van der Waals surface area contributed by atoms with Gasteiger partial charge in [-0.2, -0.15) is 5.26 Å². The van der Waals surface area contributed by atoms with Crippen molar-refractivity contribution in [1.29, 1.82) is 10.7 Å². The molecule has 1 saturated heterocycles. The third kappa shape index (κ3) is 3.98. The zero-order valence-corrected chi connectivity index (χ0v) is 17.5. The van der Waals surface area contributed by atoms with Crippen LogP contribution < -0.4 is 5.73 Å². The molecule has 0 saturated carbocycles. The number of benzene rings is 2. The number of aliphatic hydroxyl groups excluding tert-OH is 1. The Morgan fingerprint density at radius 2 is 1.80 bits per heavy atom. The van der Waals surface area contributed by atoms with E-state index in [4.69, 9.17) is 16.4 Å². The number of allylic oxidation sites excluding steroid dienone is 1. The topological polar surface area (TPSA) is 114 Å². The molecule has 0 bridgehead atoms. The Hall–Kier alpha value is -3.43. The van der Waals surface area contributed by atoms with Gasteiger partial charge in [-0.05, 0) is 61.2 Å². The van der Waals surface area contributed by atoms with Crippen molar-refractivity contribution in [3.63, 3.8) is 0 Å². The smallest absolute Gasteiger partial charge is 0.254 e. The molecule has 0 aromatic heterocycles. The van der Waals surface area contributed by atoms with Crippen molar-refractivity contribution in [2.75, 3.05) is 19.7 Å². The molecule has 6 heteroatoms. The van der Waals surface area contributed by atoms with Gasteiger partial charge in [0.1, 0.15) is 0 Å². The first kappa shape index (κ1) is 21.3. The number of nitrogens with zero attached hydrogens (tertiary/aromatic N) is 2. The summed E-state index contributed by atoms with van der Waals surface area (Å²) in [6.45, 7) is 6.44. The Morgan fingerprint density at radius 1 is 1.20 bits per heavy atom. The van der Waals surface area contributed by atoms with Gasteiger partial charge in [0.25, 0.3) is 5.91 Å². The molecule has 6 nitrogen and oxygen atoms in total. The van der Waals surface area contributed by atoms with E-state index in [1.54, 1.807) is 30.0 Å². The highest BCUT2D eigenvalue weighted by Gasteiger charge is 2.33. The number of aliphatic hydroxyl groups is 1. The molecule has 30 heavy (non-hydrogen) atoms. The second-order valence-corrected chi connectivity index (χ2v) is 7.81. The summed E-state index contributed by atoms with van der Waals surface area (Å²) in [5, 5.41) is 26.7. The summed E-state index contributed by atoms with van der Waals surface area (Å²) in [4.78, 5) is 14.9. The average Bonchev–Trinajstić information content (AvgIpc) is 2.71. The van der Waals surface area contributed by atoms with E-state index in [0.717, 1.165) is 16.7 Å². The van der Waals surface area contributed by atoms with E-state index in [0.29, 0.717) is 35.4 Å². The molecule has 154 valence electrons. The van der Waals surface area contributed by atoms with Gasteiger partial charge in [0, 0.05) is 35.8 Å². The molecule has 0 spiro atoms. The number of likely N-dealkylation sites (tertiary alicyclic amines) is 1. The van der Waals surface area contributed by atoms with Gasteiger partial charge in [0.15, 0.2) is 0 Å². The van der Waals surface area contributed by atoms with Crippen LogP contribution in [0.25, 0.3) is 0 Å². The highest BCUT2D eigenvalue weighted by molar-refractivity contribution is 6.12. The van der Waals surface area contributed by atoms with Gasteiger partial charge in [-0.1, -0.05) is 18.2 Å². The van der Waals surface area contributed by atoms with Gasteiger partial charge in [-0.15, -0.1) is 0 Å². The minimum absolute atomic E-state index is 0.0526. The maximum atomic E-state index is 13.1. The van der Waals surface area contributed by atoms with Crippen molar-refractivity contribution in [2.24, 2.45) is 5.73 Å². The van der Waals surface area contributed by atoms with Crippen molar-refractivity contribution in [2.45, 2.75) is 26.7 Å². The number of carbonyl (C=O) groups excluding carboxylic acids is 1.